The summed E-state index contributed by atoms with van der Waals surface area (Å²) < 4.78 is 12.3. The lowest BCUT2D eigenvalue weighted by Crippen LogP contribution is -2.59. The van der Waals surface area contributed by atoms with Gasteiger partial charge in [-0.1, -0.05) is 37.1 Å². The van der Waals surface area contributed by atoms with Gasteiger partial charge in [-0.2, -0.15) is 0 Å². The zero-order chi connectivity index (χ0) is 18.4. The van der Waals surface area contributed by atoms with E-state index in [-0.39, 0.29) is 5.41 Å². The van der Waals surface area contributed by atoms with Crippen LogP contribution in [0.5, 0.6) is 17.2 Å². The van der Waals surface area contributed by atoms with Gasteiger partial charge in [-0.25, -0.2) is 0 Å². The van der Waals surface area contributed by atoms with E-state index in [1.807, 2.05) is 30.3 Å². The molecule has 3 nitrogen and oxygen atoms in total. The number of hydrogen-bond acceptors (Lipinski definition) is 3. The minimum Gasteiger partial charge on any atom is -0.493 e. The van der Waals surface area contributed by atoms with E-state index in [2.05, 4.69) is 24.1 Å². The fraction of sp³-hybridized carbons (Fsp3) is 0.500. The number of methoxy groups -OCH3 is 1. The Kier molecular flexibility index (Phi) is 4.16. The molecule has 0 aromatic heterocycles. The predicted octanol–water partition coefficient (Wildman–Crippen LogP) is 5.18. The maximum atomic E-state index is 6.52. The SMILES string of the molecule is COc1ccc2c(c1Oc1ccccc1)C13CCCCC1C(C2)N(C)CC3. The van der Waals surface area contributed by atoms with Crippen molar-refractivity contribution in [2.45, 2.75) is 50.0 Å². The van der Waals surface area contributed by atoms with E-state index in [9.17, 15) is 0 Å². The topological polar surface area (TPSA) is 21.7 Å². The van der Waals surface area contributed by atoms with Crippen LogP contribution in [0.25, 0.3) is 0 Å². The molecule has 142 valence electrons. The summed E-state index contributed by atoms with van der Waals surface area (Å²) in [4.78, 5) is 2.61. The van der Waals surface area contributed by atoms with Crippen molar-refractivity contribution in [2.24, 2.45) is 5.92 Å². The molecule has 2 fully saturated rings. The number of hydrogen-bond donors (Lipinski definition) is 0. The molecular weight excluding hydrogens is 334 g/mol. The van der Waals surface area contributed by atoms with Gasteiger partial charge < -0.3 is 14.4 Å². The summed E-state index contributed by atoms with van der Waals surface area (Å²) >= 11 is 0. The Morgan fingerprint density at radius 3 is 2.70 bits per heavy atom. The zero-order valence-electron chi connectivity index (χ0n) is 16.4. The van der Waals surface area contributed by atoms with Gasteiger partial charge in [-0.05, 0) is 69.0 Å². The summed E-state index contributed by atoms with van der Waals surface area (Å²) in [5.41, 5.74) is 3.18. The van der Waals surface area contributed by atoms with Gasteiger partial charge in [0, 0.05) is 17.0 Å². The molecule has 3 heteroatoms. The monoisotopic (exact) mass is 363 g/mol. The molecule has 5 rings (SSSR count). The van der Waals surface area contributed by atoms with Gasteiger partial charge in [0.25, 0.3) is 0 Å². The van der Waals surface area contributed by atoms with E-state index in [0.717, 1.165) is 29.6 Å². The molecule has 0 N–H and O–H groups in total. The number of ether oxygens (including phenoxy) is 2. The number of likely N-dealkylation sites (tertiary alicyclic amines) is 1. The molecule has 0 amide bonds. The van der Waals surface area contributed by atoms with Crippen molar-refractivity contribution in [1.29, 1.82) is 0 Å². The van der Waals surface area contributed by atoms with Crippen LogP contribution < -0.4 is 9.47 Å². The van der Waals surface area contributed by atoms with Crippen LogP contribution in [0.4, 0.5) is 0 Å². The Morgan fingerprint density at radius 2 is 1.89 bits per heavy atom. The van der Waals surface area contributed by atoms with Crippen molar-refractivity contribution < 1.29 is 9.47 Å². The second kappa shape index (κ2) is 6.56. The highest BCUT2D eigenvalue weighted by Crippen LogP contribution is 2.59. The van der Waals surface area contributed by atoms with Gasteiger partial charge in [-0.15, -0.1) is 0 Å². The van der Waals surface area contributed by atoms with Gasteiger partial charge in [0.1, 0.15) is 5.75 Å². The van der Waals surface area contributed by atoms with Crippen molar-refractivity contribution in [3.8, 4) is 17.2 Å². The van der Waals surface area contributed by atoms with Crippen molar-refractivity contribution in [3.05, 3.63) is 53.6 Å². The number of nitrogens with zero attached hydrogens (tertiary/aromatic N) is 1. The Balaban J connectivity index is 1.70. The van der Waals surface area contributed by atoms with Crippen LogP contribution in [0.2, 0.25) is 0 Å². The standard InChI is InChI=1S/C24H29NO2/c1-25-15-14-24-13-7-6-10-19(24)20(25)16-17-11-12-21(26-2)23(22(17)24)27-18-8-4-3-5-9-18/h3-5,8-9,11-12,19-20H,6-7,10,13-16H2,1-2H3. The summed E-state index contributed by atoms with van der Waals surface area (Å²) in [5.74, 6) is 3.47. The molecule has 2 aromatic rings. The Hall–Kier alpha value is -2.00. The third-order valence-electron chi connectivity index (χ3n) is 7.36. The number of fused-ring (bicyclic) bond motifs is 1. The Labute approximate surface area is 162 Å². The van der Waals surface area contributed by atoms with E-state index < -0.39 is 0 Å². The largest absolute Gasteiger partial charge is 0.493 e. The van der Waals surface area contributed by atoms with Crippen molar-refractivity contribution >= 4 is 0 Å². The summed E-state index contributed by atoms with van der Waals surface area (Å²) in [6, 6.07) is 15.2. The number of likely N-dealkylation sites (N-methyl/N-ethyl adjacent to an activating group) is 1. The first-order valence-electron chi connectivity index (χ1n) is 10.4. The smallest absolute Gasteiger partial charge is 0.173 e. The Morgan fingerprint density at radius 1 is 1.04 bits per heavy atom. The lowest BCUT2D eigenvalue weighted by Gasteiger charge is -2.58. The van der Waals surface area contributed by atoms with E-state index in [0.29, 0.717) is 6.04 Å². The number of benzene rings is 2. The van der Waals surface area contributed by atoms with Crippen LogP contribution in [0.15, 0.2) is 42.5 Å². The normalized spacial score (nSPS) is 29.6. The van der Waals surface area contributed by atoms with E-state index in [1.165, 1.54) is 49.8 Å². The molecule has 1 aliphatic heterocycles. The average molecular weight is 364 g/mol. The number of piperidine rings is 1. The molecule has 27 heavy (non-hydrogen) atoms. The molecule has 3 unspecified atom stereocenters. The van der Waals surface area contributed by atoms with Gasteiger partial charge in [-0.3, -0.25) is 0 Å². The van der Waals surface area contributed by atoms with E-state index >= 15 is 0 Å². The molecule has 1 saturated carbocycles. The van der Waals surface area contributed by atoms with Crippen molar-refractivity contribution in [2.75, 3.05) is 20.7 Å². The number of rotatable bonds is 3. The molecule has 0 spiro atoms. The predicted molar refractivity (Wildman–Crippen MR) is 108 cm³/mol. The molecule has 1 saturated heterocycles. The average Bonchev–Trinajstić information content (AvgIpc) is 2.71. The Bertz CT molecular complexity index is 834. The summed E-state index contributed by atoms with van der Waals surface area (Å²) in [7, 11) is 4.08. The van der Waals surface area contributed by atoms with Crippen LogP contribution in [-0.2, 0) is 11.8 Å². The molecule has 3 atom stereocenters. The third kappa shape index (κ3) is 2.59. The lowest BCUT2D eigenvalue weighted by molar-refractivity contribution is 0.00155. The minimum atomic E-state index is 0.252. The fourth-order valence-electron chi connectivity index (χ4n) is 6.13. The zero-order valence-corrected chi connectivity index (χ0v) is 16.4. The highest BCUT2D eigenvalue weighted by molar-refractivity contribution is 5.58. The number of para-hydroxylation sites is 1. The first-order chi connectivity index (χ1) is 13.2. The summed E-state index contributed by atoms with van der Waals surface area (Å²) in [6.07, 6.45) is 7.69. The van der Waals surface area contributed by atoms with Gasteiger partial charge >= 0.3 is 0 Å². The second-order valence-corrected chi connectivity index (χ2v) is 8.56. The molecular formula is C24H29NO2. The molecule has 3 aliphatic rings. The lowest BCUT2D eigenvalue weighted by atomic mass is 9.52. The van der Waals surface area contributed by atoms with E-state index in [4.69, 9.17) is 9.47 Å². The van der Waals surface area contributed by atoms with Crippen LogP contribution in [-0.4, -0.2) is 31.6 Å². The fourth-order valence-corrected chi connectivity index (χ4v) is 6.13. The van der Waals surface area contributed by atoms with Crippen LogP contribution >= 0.6 is 0 Å². The van der Waals surface area contributed by atoms with Gasteiger partial charge in [0.05, 0.1) is 7.11 Å². The summed E-state index contributed by atoms with van der Waals surface area (Å²) in [5, 5.41) is 0. The molecule has 2 aliphatic carbocycles. The highest BCUT2D eigenvalue weighted by atomic mass is 16.5. The first kappa shape index (κ1) is 17.1. The minimum absolute atomic E-state index is 0.252. The van der Waals surface area contributed by atoms with Crippen LogP contribution in [0.1, 0.15) is 43.2 Å². The second-order valence-electron chi connectivity index (χ2n) is 8.56. The van der Waals surface area contributed by atoms with Crippen LogP contribution in [0, 0.1) is 5.92 Å². The molecule has 2 bridgehead atoms. The van der Waals surface area contributed by atoms with Gasteiger partial charge in [0.2, 0.25) is 0 Å². The highest BCUT2D eigenvalue weighted by Gasteiger charge is 2.54. The third-order valence-corrected chi connectivity index (χ3v) is 7.36. The van der Waals surface area contributed by atoms with Crippen molar-refractivity contribution in [1.82, 2.24) is 4.90 Å². The quantitative estimate of drug-likeness (QED) is 0.750. The van der Waals surface area contributed by atoms with E-state index in [1.54, 1.807) is 7.11 Å². The van der Waals surface area contributed by atoms with Crippen LogP contribution in [0.3, 0.4) is 0 Å². The maximum Gasteiger partial charge on any atom is 0.173 e. The first-order valence-corrected chi connectivity index (χ1v) is 10.4. The van der Waals surface area contributed by atoms with Crippen molar-refractivity contribution in [3.63, 3.8) is 0 Å². The van der Waals surface area contributed by atoms with Gasteiger partial charge in [0.15, 0.2) is 11.5 Å². The summed E-state index contributed by atoms with van der Waals surface area (Å²) in [6.45, 7) is 1.18. The molecule has 2 aromatic carbocycles. The maximum absolute atomic E-state index is 6.52. The molecule has 0 radical (unpaired) electrons. The molecule has 1 heterocycles.